The largest absolute Gasteiger partial charge is 0.460 e. The SMILES string of the molecule is FC(F)(F)C(F)(F)C(F)(F)C(F)(F)CCCc1cc(Br)sc1Br. The highest BCUT2D eigenvalue weighted by Crippen LogP contribution is 2.54. The predicted octanol–water partition coefficient (Wildman–Crippen LogP) is 7.06. The smallest absolute Gasteiger partial charge is 0.200 e. The molecule has 0 N–H and O–H groups in total. The highest BCUT2D eigenvalue weighted by atomic mass is 79.9. The molecule has 0 spiro atoms. The Labute approximate surface area is 145 Å². The minimum atomic E-state index is -6.82. The van der Waals surface area contributed by atoms with Gasteiger partial charge in [0, 0.05) is 6.42 Å². The number of alkyl halides is 9. The molecule has 0 fully saturated rings. The van der Waals surface area contributed by atoms with Crippen LogP contribution in [0.3, 0.4) is 0 Å². The molecular weight excluding hydrogens is 495 g/mol. The summed E-state index contributed by atoms with van der Waals surface area (Å²) in [5.74, 6) is -18.9. The molecule has 134 valence electrons. The maximum absolute atomic E-state index is 13.3. The molecular formula is C11H7Br2F9S. The summed E-state index contributed by atoms with van der Waals surface area (Å²) in [6.45, 7) is 0. The van der Waals surface area contributed by atoms with Gasteiger partial charge in [-0.3, -0.25) is 0 Å². The molecule has 12 heteroatoms. The van der Waals surface area contributed by atoms with E-state index in [1.165, 1.54) is 17.4 Å². The first-order valence-corrected chi connectivity index (χ1v) is 8.17. The number of rotatable bonds is 6. The van der Waals surface area contributed by atoms with Crippen molar-refractivity contribution in [3.05, 3.63) is 19.2 Å². The van der Waals surface area contributed by atoms with Crippen LogP contribution in [0.2, 0.25) is 0 Å². The van der Waals surface area contributed by atoms with Crippen molar-refractivity contribution in [2.75, 3.05) is 0 Å². The zero-order valence-corrected chi connectivity index (χ0v) is 14.8. The minimum absolute atomic E-state index is 0.189. The summed E-state index contributed by atoms with van der Waals surface area (Å²) < 4.78 is 115. The lowest BCUT2D eigenvalue weighted by Crippen LogP contribution is -2.60. The van der Waals surface area contributed by atoms with Crippen LogP contribution in [0.1, 0.15) is 18.4 Å². The van der Waals surface area contributed by atoms with Gasteiger partial charge in [-0.15, -0.1) is 11.3 Å². The zero-order valence-electron chi connectivity index (χ0n) is 10.8. The van der Waals surface area contributed by atoms with E-state index in [4.69, 9.17) is 0 Å². The van der Waals surface area contributed by atoms with E-state index >= 15 is 0 Å². The summed E-state index contributed by atoms with van der Waals surface area (Å²) in [4.78, 5) is 0. The predicted molar refractivity (Wildman–Crippen MR) is 73.6 cm³/mol. The molecule has 0 aliphatic rings. The number of hydrogen-bond donors (Lipinski definition) is 0. The summed E-state index contributed by atoms with van der Waals surface area (Å²) in [5, 5.41) is 0. The van der Waals surface area contributed by atoms with Crippen molar-refractivity contribution in [2.24, 2.45) is 0 Å². The first kappa shape index (κ1) is 21.1. The molecule has 0 radical (unpaired) electrons. The third kappa shape index (κ3) is 4.17. The van der Waals surface area contributed by atoms with Gasteiger partial charge in [0.25, 0.3) is 0 Å². The molecule has 0 saturated carbocycles. The van der Waals surface area contributed by atoms with Crippen molar-refractivity contribution < 1.29 is 39.5 Å². The second kappa shape index (κ2) is 6.74. The Morgan fingerprint density at radius 1 is 0.870 bits per heavy atom. The number of halogens is 11. The van der Waals surface area contributed by atoms with Gasteiger partial charge >= 0.3 is 23.9 Å². The fraction of sp³-hybridized carbons (Fsp3) is 0.636. The van der Waals surface area contributed by atoms with Gasteiger partial charge in [-0.2, -0.15) is 39.5 Å². The van der Waals surface area contributed by atoms with Crippen LogP contribution in [0.15, 0.2) is 13.6 Å². The topological polar surface area (TPSA) is 0 Å². The number of hydrogen-bond acceptors (Lipinski definition) is 1. The van der Waals surface area contributed by atoms with Crippen LogP contribution in [-0.4, -0.2) is 23.9 Å². The van der Waals surface area contributed by atoms with Crippen LogP contribution < -0.4 is 0 Å². The van der Waals surface area contributed by atoms with E-state index in [-0.39, 0.29) is 6.42 Å². The van der Waals surface area contributed by atoms with Crippen LogP contribution in [0.5, 0.6) is 0 Å². The van der Waals surface area contributed by atoms with Gasteiger partial charge in [-0.1, -0.05) is 0 Å². The number of aryl methyl sites for hydroxylation is 1. The van der Waals surface area contributed by atoms with Crippen LogP contribution in [-0.2, 0) is 6.42 Å². The lowest BCUT2D eigenvalue weighted by Gasteiger charge is -2.33. The zero-order chi connectivity index (χ0) is 18.3. The molecule has 1 heterocycles. The second-order valence-corrected chi connectivity index (χ2v) is 8.30. The summed E-state index contributed by atoms with van der Waals surface area (Å²) >= 11 is 7.34. The molecule has 0 aliphatic carbocycles. The van der Waals surface area contributed by atoms with Gasteiger partial charge in [0.1, 0.15) is 0 Å². The minimum Gasteiger partial charge on any atom is -0.200 e. The van der Waals surface area contributed by atoms with Gasteiger partial charge in [-0.05, 0) is 56.3 Å². The summed E-state index contributed by atoms with van der Waals surface area (Å²) in [6.07, 6.45) is -9.48. The third-order valence-electron chi connectivity index (χ3n) is 2.87. The van der Waals surface area contributed by atoms with Crippen LogP contribution in [0.25, 0.3) is 0 Å². The van der Waals surface area contributed by atoms with Crippen LogP contribution in [0.4, 0.5) is 39.5 Å². The molecule has 0 unspecified atom stereocenters. The molecule has 1 aromatic heterocycles. The second-order valence-electron chi connectivity index (χ2n) is 4.55. The fourth-order valence-electron chi connectivity index (χ4n) is 1.61. The van der Waals surface area contributed by atoms with Crippen molar-refractivity contribution >= 4 is 43.2 Å². The molecule has 0 bridgehead atoms. The maximum Gasteiger partial charge on any atom is 0.460 e. The van der Waals surface area contributed by atoms with E-state index in [0.29, 0.717) is 13.1 Å². The van der Waals surface area contributed by atoms with Gasteiger partial charge in [0.2, 0.25) is 0 Å². The van der Waals surface area contributed by atoms with Crippen molar-refractivity contribution in [2.45, 2.75) is 43.2 Å². The van der Waals surface area contributed by atoms with E-state index in [9.17, 15) is 39.5 Å². The summed E-state index contributed by atoms with van der Waals surface area (Å²) in [5.41, 5.74) is 0.448. The molecule has 0 aromatic carbocycles. The summed E-state index contributed by atoms with van der Waals surface area (Å²) in [7, 11) is 0. The van der Waals surface area contributed by atoms with E-state index in [1.807, 2.05) is 0 Å². The van der Waals surface area contributed by atoms with E-state index in [1.54, 1.807) is 0 Å². The monoisotopic (exact) mass is 500 g/mol. The molecule has 0 nitrogen and oxygen atoms in total. The Bertz CT molecular complexity index is 550. The molecule has 1 rings (SSSR count). The van der Waals surface area contributed by atoms with Gasteiger partial charge in [0.05, 0.1) is 7.57 Å². The van der Waals surface area contributed by atoms with Crippen molar-refractivity contribution in [1.29, 1.82) is 0 Å². The molecule has 1 aromatic rings. The molecule has 0 aliphatic heterocycles. The van der Waals surface area contributed by atoms with Crippen molar-refractivity contribution in [3.8, 4) is 0 Å². The molecule has 0 atom stereocenters. The van der Waals surface area contributed by atoms with Gasteiger partial charge < -0.3 is 0 Å². The molecule has 23 heavy (non-hydrogen) atoms. The molecule has 0 saturated heterocycles. The Kier molecular flexibility index (Phi) is 6.17. The van der Waals surface area contributed by atoms with E-state index < -0.39 is 36.8 Å². The standard InChI is InChI=1S/C11H7Br2F9S/c12-6-4-5(7(13)23-6)2-1-3-8(14,15)9(16,17)10(18,19)11(20,21)22/h4H,1-3H2. The quantitative estimate of drug-likeness (QED) is 0.366. The Balaban J connectivity index is 2.83. The Hall–Kier alpha value is 0.0300. The number of thiophene rings is 1. The highest BCUT2D eigenvalue weighted by Gasteiger charge is 2.81. The van der Waals surface area contributed by atoms with Gasteiger partial charge in [-0.25, -0.2) is 0 Å². The van der Waals surface area contributed by atoms with E-state index in [2.05, 4.69) is 31.9 Å². The maximum atomic E-state index is 13.3. The average Bonchev–Trinajstić information content (AvgIpc) is 2.65. The summed E-state index contributed by atoms with van der Waals surface area (Å²) in [6, 6.07) is 1.50. The molecule has 0 amide bonds. The average molecular weight is 502 g/mol. The first-order valence-electron chi connectivity index (χ1n) is 5.77. The third-order valence-corrected chi connectivity index (χ3v) is 5.34. The van der Waals surface area contributed by atoms with Crippen LogP contribution in [0, 0.1) is 0 Å². The van der Waals surface area contributed by atoms with Gasteiger partial charge in [0.15, 0.2) is 0 Å². The normalized spacial score (nSPS) is 14.4. The van der Waals surface area contributed by atoms with Crippen LogP contribution >= 0.6 is 43.2 Å². The Morgan fingerprint density at radius 3 is 1.78 bits per heavy atom. The van der Waals surface area contributed by atoms with E-state index in [0.717, 1.165) is 0 Å². The lowest BCUT2D eigenvalue weighted by molar-refractivity contribution is -0.396. The van der Waals surface area contributed by atoms with Crippen molar-refractivity contribution in [3.63, 3.8) is 0 Å². The first-order chi connectivity index (χ1) is 10.1. The van der Waals surface area contributed by atoms with Crippen molar-refractivity contribution in [1.82, 2.24) is 0 Å². The fourth-order valence-corrected chi connectivity index (χ4v) is 4.52. The lowest BCUT2D eigenvalue weighted by atomic mass is 9.98. The Morgan fingerprint density at radius 2 is 1.39 bits per heavy atom. The highest BCUT2D eigenvalue weighted by molar-refractivity contribution is 9.12.